The number of amides is 1. The fourth-order valence-corrected chi connectivity index (χ4v) is 2.36. The van der Waals surface area contributed by atoms with Gasteiger partial charge in [0, 0.05) is 18.0 Å². The van der Waals surface area contributed by atoms with Crippen molar-refractivity contribution in [2.75, 3.05) is 12.4 Å². The number of carbonyl (C=O) groups excluding carboxylic acids is 1. The molecule has 3 aromatic rings. The van der Waals surface area contributed by atoms with Crippen LogP contribution in [0.2, 0.25) is 0 Å². The second-order valence-electron chi connectivity index (χ2n) is 5.49. The van der Waals surface area contributed by atoms with Crippen LogP contribution >= 0.6 is 0 Å². The molecule has 1 amide bonds. The molecule has 0 fully saturated rings. The molecule has 0 aliphatic carbocycles. The van der Waals surface area contributed by atoms with E-state index in [0.717, 1.165) is 5.56 Å². The number of nitrogens with one attached hydrogen (secondary N) is 1. The number of carbonyl (C=O) groups is 1. The van der Waals surface area contributed by atoms with Crippen molar-refractivity contribution in [3.05, 3.63) is 82.3 Å². The summed E-state index contributed by atoms with van der Waals surface area (Å²) in [6, 6.07) is 15.8. The van der Waals surface area contributed by atoms with Crippen LogP contribution in [0.4, 0.5) is 5.69 Å². The summed E-state index contributed by atoms with van der Waals surface area (Å²) in [6.07, 6.45) is 1.52. The summed E-state index contributed by atoms with van der Waals surface area (Å²) in [4.78, 5) is 24.5. The van der Waals surface area contributed by atoms with E-state index in [1.807, 2.05) is 25.1 Å². The predicted octanol–water partition coefficient (Wildman–Crippen LogP) is 2.80. The zero-order valence-electron chi connectivity index (χ0n) is 13.9. The average molecular weight is 335 g/mol. The van der Waals surface area contributed by atoms with Gasteiger partial charge in [-0.3, -0.25) is 9.59 Å². The lowest BCUT2D eigenvalue weighted by molar-refractivity contribution is 0.101. The van der Waals surface area contributed by atoms with Crippen LogP contribution in [0, 0.1) is 6.92 Å². The molecule has 126 valence electrons. The molecule has 1 aromatic heterocycles. The number of rotatable bonds is 4. The van der Waals surface area contributed by atoms with E-state index in [-0.39, 0.29) is 5.69 Å². The lowest BCUT2D eigenvalue weighted by atomic mass is 10.2. The number of hydrogen-bond donors (Lipinski definition) is 1. The smallest absolute Gasteiger partial charge is 0.280 e. The van der Waals surface area contributed by atoms with E-state index in [2.05, 4.69) is 10.4 Å². The van der Waals surface area contributed by atoms with Gasteiger partial charge in [-0.2, -0.15) is 5.10 Å². The first-order valence-electron chi connectivity index (χ1n) is 7.69. The lowest BCUT2D eigenvalue weighted by Gasteiger charge is -2.09. The van der Waals surface area contributed by atoms with Crippen molar-refractivity contribution in [3.63, 3.8) is 0 Å². The van der Waals surface area contributed by atoms with Crippen molar-refractivity contribution in [2.45, 2.75) is 6.92 Å². The topological polar surface area (TPSA) is 73.2 Å². The minimum absolute atomic E-state index is 0.167. The Kier molecular flexibility index (Phi) is 4.61. The van der Waals surface area contributed by atoms with Gasteiger partial charge in [-0.25, -0.2) is 4.68 Å². The molecule has 6 nitrogen and oxygen atoms in total. The van der Waals surface area contributed by atoms with Gasteiger partial charge in [0.2, 0.25) is 5.43 Å². The van der Waals surface area contributed by atoms with Crippen LogP contribution in [0.3, 0.4) is 0 Å². The Hall–Kier alpha value is -3.41. The Morgan fingerprint density at radius 2 is 1.88 bits per heavy atom. The average Bonchev–Trinajstić information content (AvgIpc) is 2.62. The molecule has 0 radical (unpaired) electrons. The molecule has 1 N–H and O–H groups in total. The van der Waals surface area contributed by atoms with Crippen LogP contribution < -0.4 is 15.5 Å². The van der Waals surface area contributed by atoms with E-state index in [1.54, 1.807) is 37.4 Å². The molecule has 0 saturated carbocycles. The van der Waals surface area contributed by atoms with Gasteiger partial charge < -0.3 is 10.1 Å². The molecule has 0 bridgehead atoms. The van der Waals surface area contributed by atoms with Crippen LogP contribution in [0.25, 0.3) is 5.69 Å². The minimum Gasteiger partial charge on any atom is -0.497 e. The third-order valence-corrected chi connectivity index (χ3v) is 3.64. The third-order valence-electron chi connectivity index (χ3n) is 3.64. The van der Waals surface area contributed by atoms with Gasteiger partial charge in [-0.1, -0.05) is 12.1 Å². The summed E-state index contributed by atoms with van der Waals surface area (Å²) < 4.78 is 6.60. The molecule has 0 spiro atoms. The zero-order chi connectivity index (χ0) is 17.8. The molecule has 0 aliphatic heterocycles. The second kappa shape index (κ2) is 7.00. The van der Waals surface area contributed by atoms with Crippen LogP contribution in [-0.2, 0) is 0 Å². The lowest BCUT2D eigenvalue weighted by Crippen LogP contribution is -2.25. The van der Waals surface area contributed by atoms with Crippen LogP contribution in [0.5, 0.6) is 5.75 Å². The largest absolute Gasteiger partial charge is 0.497 e. The summed E-state index contributed by atoms with van der Waals surface area (Å²) in [5.41, 5.74) is 1.74. The number of aromatic nitrogens is 2. The maximum Gasteiger partial charge on any atom is 0.280 e. The Morgan fingerprint density at radius 1 is 1.12 bits per heavy atom. The molecule has 0 saturated heterocycles. The van der Waals surface area contributed by atoms with Gasteiger partial charge in [-0.15, -0.1) is 0 Å². The predicted molar refractivity (Wildman–Crippen MR) is 95.5 cm³/mol. The summed E-state index contributed by atoms with van der Waals surface area (Å²) in [5.74, 6) is 0.167. The molecule has 0 atom stereocenters. The Balaban J connectivity index is 1.90. The molecule has 3 rings (SSSR count). The number of benzene rings is 2. The Bertz CT molecular complexity index is 962. The minimum atomic E-state index is -0.543. The van der Waals surface area contributed by atoms with Crippen molar-refractivity contribution in [2.24, 2.45) is 0 Å². The zero-order valence-corrected chi connectivity index (χ0v) is 13.9. The van der Waals surface area contributed by atoms with Gasteiger partial charge in [0.05, 0.1) is 12.8 Å². The fraction of sp³-hybridized carbons (Fsp3) is 0.105. The summed E-state index contributed by atoms with van der Waals surface area (Å²) in [5, 5.41) is 6.87. The highest BCUT2D eigenvalue weighted by Gasteiger charge is 2.14. The number of nitrogens with zero attached hydrogens (tertiary/aromatic N) is 2. The monoisotopic (exact) mass is 335 g/mol. The van der Waals surface area contributed by atoms with E-state index in [9.17, 15) is 9.59 Å². The summed E-state index contributed by atoms with van der Waals surface area (Å²) in [7, 11) is 1.58. The van der Waals surface area contributed by atoms with Crippen molar-refractivity contribution < 1.29 is 9.53 Å². The molecular weight excluding hydrogens is 318 g/mol. The van der Waals surface area contributed by atoms with Crippen molar-refractivity contribution in [3.8, 4) is 11.4 Å². The maximum absolute atomic E-state index is 12.4. The highest BCUT2D eigenvalue weighted by atomic mass is 16.5. The number of anilines is 1. The van der Waals surface area contributed by atoms with Crippen LogP contribution in [-0.4, -0.2) is 22.8 Å². The number of hydrogen-bond acceptors (Lipinski definition) is 4. The van der Waals surface area contributed by atoms with E-state index in [4.69, 9.17) is 4.74 Å². The normalized spacial score (nSPS) is 10.3. The van der Waals surface area contributed by atoms with Gasteiger partial charge in [-0.05, 0) is 48.9 Å². The SMILES string of the molecule is COc1ccc(-n2ccc(=O)c(C(=O)Nc3cccc(C)c3)n2)cc1. The Morgan fingerprint density at radius 3 is 2.56 bits per heavy atom. The quantitative estimate of drug-likeness (QED) is 0.796. The van der Waals surface area contributed by atoms with Gasteiger partial charge in [0.25, 0.3) is 5.91 Å². The molecule has 25 heavy (non-hydrogen) atoms. The highest BCUT2D eigenvalue weighted by Crippen LogP contribution is 2.14. The first-order valence-corrected chi connectivity index (χ1v) is 7.69. The molecule has 0 unspecified atom stereocenters. The van der Waals surface area contributed by atoms with Crippen LogP contribution in [0.1, 0.15) is 16.1 Å². The van der Waals surface area contributed by atoms with Crippen molar-refractivity contribution in [1.29, 1.82) is 0 Å². The maximum atomic E-state index is 12.4. The van der Waals surface area contributed by atoms with E-state index >= 15 is 0 Å². The van der Waals surface area contributed by atoms with E-state index in [1.165, 1.54) is 16.9 Å². The summed E-state index contributed by atoms with van der Waals surface area (Å²) >= 11 is 0. The Labute approximate surface area is 144 Å². The fourth-order valence-electron chi connectivity index (χ4n) is 2.36. The first-order chi connectivity index (χ1) is 12.1. The van der Waals surface area contributed by atoms with Gasteiger partial charge in [0.1, 0.15) is 5.75 Å². The molecule has 0 aliphatic rings. The van der Waals surface area contributed by atoms with Crippen LogP contribution in [0.15, 0.2) is 65.6 Å². The third kappa shape index (κ3) is 3.74. The standard InChI is InChI=1S/C19H17N3O3/c1-13-4-3-5-14(12-13)20-19(24)18-17(23)10-11-22(21-18)15-6-8-16(25-2)9-7-15/h3-12H,1-2H3,(H,20,24). The van der Waals surface area contributed by atoms with Gasteiger partial charge in [0.15, 0.2) is 5.69 Å². The molecular formula is C19H17N3O3. The molecule has 1 heterocycles. The van der Waals surface area contributed by atoms with Gasteiger partial charge >= 0.3 is 0 Å². The van der Waals surface area contributed by atoms with E-state index in [0.29, 0.717) is 17.1 Å². The second-order valence-corrected chi connectivity index (χ2v) is 5.49. The highest BCUT2D eigenvalue weighted by molar-refractivity contribution is 6.02. The first kappa shape index (κ1) is 16.4. The number of methoxy groups -OCH3 is 1. The molecule has 2 aromatic carbocycles. The number of aryl methyl sites for hydroxylation is 1. The number of ether oxygens (including phenoxy) is 1. The van der Waals surface area contributed by atoms with E-state index < -0.39 is 11.3 Å². The summed E-state index contributed by atoms with van der Waals surface area (Å²) in [6.45, 7) is 1.92. The molecule has 6 heteroatoms. The van der Waals surface area contributed by atoms with Crippen molar-refractivity contribution in [1.82, 2.24) is 9.78 Å². The van der Waals surface area contributed by atoms with Crippen molar-refractivity contribution >= 4 is 11.6 Å².